The van der Waals surface area contributed by atoms with Crippen molar-refractivity contribution in [1.29, 1.82) is 0 Å². The van der Waals surface area contributed by atoms with E-state index in [0.29, 0.717) is 54.5 Å². The van der Waals surface area contributed by atoms with Crippen molar-refractivity contribution >= 4 is 10.0 Å². The minimum Gasteiger partial charge on any atom is -0.437 e. The molecule has 2 aromatic heterocycles. The van der Waals surface area contributed by atoms with Crippen molar-refractivity contribution in [3.63, 3.8) is 0 Å². The van der Waals surface area contributed by atoms with E-state index in [2.05, 4.69) is 9.97 Å². The molecule has 10 nitrogen and oxygen atoms in total. The zero-order valence-electron chi connectivity index (χ0n) is 21.1. The van der Waals surface area contributed by atoms with E-state index in [4.69, 9.17) is 19.0 Å². The largest absolute Gasteiger partial charge is 0.437 e. The van der Waals surface area contributed by atoms with E-state index in [1.807, 2.05) is 36.4 Å². The highest BCUT2D eigenvalue weighted by molar-refractivity contribution is 7.89. The van der Waals surface area contributed by atoms with Gasteiger partial charge in [-0.2, -0.15) is 0 Å². The molecule has 39 heavy (non-hydrogen) atoms. The van der Waals surface area contributed by atoms with Crippen LogP contribution in [0.25, 0.3) is 22.6 Å². The Morgan fingerprint density at radius 3 is 2.36 bits per heavy atom. The second-order valence-corrected chi connectivity index (χ2v) is 10.9. The van der Waals surface area contributed by atoms with Gasteiger partial charge in [0.15, 0.2) is 11.9 Å². The molecule has 0 aliphatic carbocycles. The van der Waals surface area contributed by atoms with Gasteiger partial charge in [0, 0.05) is 37.2 Å². The number of nitrogens with two attached hydrogens (primary N) is 1. The molecule has 11 heteroatoms. The van der Waals surface area contributed by atoms with Crippen LogP contribution in [-0.2, 0) is 31.7 Å². The van der Waals surface area contributed by atoms with E-state index in [-0.39, 0.29) is 24.0 Å². The van der Waals surface area contributed by atoms with Crippen LogP contribution >= 0.6 is 0 Å². The summed E-state index contributed by atoms with van der Waals surface area (Å²) in [5.74, 6) is 0.424. The molecule has 0 spiro atoms. The van der Waals surface area contributed by atoms with Gasteiger partial charge < -0.3 is 24.1 Å². The molecule has 5 rings (SSSR count). The highest BCUT2D eigenvalue weighted by atomic mass is 32.2. The van der Waals surface area contributed by atoms with Gasteiger partial charge in [0.1, 0.15) is 11.3 Å². The topological polar surface area (TPSA) is 158 Å². The molecule has 1 unspecified atom stereocenters. The second-order valence-electron chi connectivity index (χ2n) is 9.35. The molecule has 1 saturated heterocycles. The van der Waals surface area contributed by atoms with Crippen LogP contribution < -0.4 is 5.14 Å². The van der Waals surface area contributed by atoms with Gasteiger partial charge in [-0.25, -0.2) is 18.5 Å². The van der Waals surface area contributed by atoms with E-state index in [9.17, 15) is 18.6 Å². The number of hydrogen-bond donors (Lipinski definition) is 3. The zero-order chi connectivity index (χ0) is 27.5. The number of aliphatic hydroxyl groups is 2. The number of oxazole rings is 1. The van der Waals surface area contributed by atoms with Crippen molar-refractivity contribution in [2.45, 2.75) is 36.0 Å². The molecule has 204 valence electrons. The Hall–Kier alpha value is -3.45. The normalized spacial score (nSPS) is 16.2. The average Bonchev–Trinajstić information content (AvgIpc) is 3.40. The third-order valence-electron chi connectivity index (χ3n) is 6.55. The molecule has 0 radical (unpaired) electrons. The SMILES string of the molecule is NS(=O)(=O)c1ccc(-c2oc(C(O)COCc3cccc(C4(O)CCOCC4)n3)nc2-c2ccccc2)cc1. The summed E-state index contributed by atoms with van der Waals surface area (Å²) >= 11 is 0. The molecular formula is C28H29N3O7S. The highest BCUT2D eigenvalue weighted by Crippen LogP contribution is 2.35. The monoisotopic (exact) mass is 551 g/mol. The Bertz CT molecular complexity index is 1520. The predicted molar refractivity (Wildman–Crippen MR) is 142 cm³/mol. The number of nitrogens with zero attached hydrogens (tertiary/aromatic N) is 2. The minimum absolute atomic E-state index is 0.0256. The standard InChI is InChI=1S/C28H29N3O7S/c29-39(34,35)22-11-9-20(10-12-22)26-25(19-5-2-1-3-6-19)31-27(38-26)23(32)18-37-17-21-7-4-8-24(30-21)28(33)13-15-36-16-14-28/h1-12,23,32-33H,13-18H2,(H2,29,34,35). The summed E-state index contributed by atoms with van der Waals surface area (Å²) < 4.78 is 40.4. The third kappa shape index (κ3) is 6.25. The first-order valence-electron chi connectivity index (χ1n) is 12.4. The summed E-state index contributed by atoms with van der Waals surface area (Å²) in [6.07, 6.45) is -0.221. The average molecular weight is 552 g/mol. The Kier molecular flexibility index (Phi) is 7.89. The predicted octanol–water partition coefficient (Wildman–Crippen LogP) is 3.30. The molecule has 1 aliphatic heterocycles. The fourth-order valence-corrected chi connectivity index (χ4v) is 4.91. The molecule has 0 amide bonds. The molecule has 1 fully saturated rings. The fraction of sp³-hybridized carbons (Fsp3) is 0.286. The number of pyridine rings is 1. The molecule has 2 aromatic carbocycles. The first kappa shape index (κ1) is 27.1. The highest BCUT2D eigenvalue weighted by Gasteiger charge is 2.33. The summed E-state index contributed by atoms with van der Waals surface area (Å²) in [6.45, 7) is 0.961. The summed E-state index contributed by atoms with van der Waals surface area (Å²) in [4.78, 5) is 9.07. The molecule has 0 saturated carbocycles. The molecule has 1 atom stereocenters. The smallest absolute Gasteiger partial charge is 0.238 e. The number of ether oxygens (including phenoxy) is 2. The molecule has 3 heterocycles. The minimum atomic E-state index is -3.85. The van der Waals surface area contributed by atoms with Gasteiger partial charge >= 0.3 is 0 Å². The van der Waals surface area contributed by atoms with Gasteiger partial charge in [-0.3, -0.25) is 4.98 Å². The third-order valence-corrected chi connectivity index (χ3v) is 7.48. The van der Waals surface area contributed by atoms with Crippen molar-refractivity contribution in [2.75, 3.05) is 19.8 Å². The Balaban J connectivity index is 1.32. The van der Waals surface area contributed by atoms with Crippen molar-refractivity contribution < 1.29 is 32.5 Å². The molecular weight excluding hydrogens is 522 g/mol. The summed E-state index contributed by atoms with van der Waals surface area (Å²) in [7, 11) is -3.85. The molecule has 4 aromatic rings. The van der Waals surface area contributed by atoms with Crippen LogP contribution in [0.3, 0.4) is 0 Å². The number of primary sulfonamides is 1. The molecule has 0 bridgehead atoms. The summed E-state index contributed by atoms with van der Waals surface area (Å²) in [5.41, 5.74) is 1.99. The number of aromatic nitrogens is 2. The van der Waals surface area contributed by atoms with Crippen LogP contribution in [0.1, 0.15) is 36.2 Å². The number of rotatable bonds is 9. The second kappa shape index (κ2) is 11.3. The Morgan fingerprint density at radius 2 is 1.67 bits per heavy atom. The maximum absolute atomic E-state index is 11.7. The van der Waals surface area contributed by atoms with Crippen LogP contribution in [-0.4, -0.2) is 48.4 Å². The number of hydrogen-bond acceptors (Lipinski definition) is 9. The van der Waals surface area contributed by atoms with Crippen molar-refractivity contribution in [2.24, 2.45) is 5.14 Å². The maximum atomic E-state index is 11.7. The van der Waals surface area contributed by atoms with Gasteiger partial charge in [-0.1, -0.05) is 36.4 Å². The van der Waals surface area contributed by atoms with Crippen LogP contribution in [0.2, 0.25) is 0 Å². The Morgan fingerprint density at radius 1 is 0.949 bits per heavy atom. The van der Waals surface area contributed by atoms with E-state index in [1.54, 1.807) is 24.3 Å². The Labute approximate surface area is 226 Å². The first-order chi connectivity index (χ1) is 18.7. The number of benzene rings is 2. The zero-order valence-corrected chi connectivity index (χ0v) is 21.9. The van der Waals surface area contributed by atoms with Crippen LogP contribution in [0.5, 0.6) is 0 Å². The molecule has 4 N–H and O–H groups in total. The lowest BCUT2D eigenvalue weighted by molar-refractivity contribution is -0.0708. The van der Waals surface area contributed by atoms with Crippen molar-refractivity contribution in [3.05, 3.63) is 90.1 Å². The van der Waals surface area contributed by atoms with E-state index in [1.165, 1.54) is 12.1 Å². The summed E-state index contributed by atoms with van der Waals surface area (Å²) in [6, 6.07) is 20.6. The first-order valence-corrected chi connectivity index (χ1v) is 14.0. The molecule has 1 aliphatic rings. The maximum Gasteiger partial charge on any atom is 0.238 e. The van der Waals surface area contributed by atoms with Gasteiger partial charge in [0.25, 0.3) is 0 Å². The summed E-state index contributed by atoms with van der Waals surface area (Å²) in [5, 5.41) is 27.0. The van der Waals surface area contributed by atoms with Crippen molar-refractivity contribution in [1.82, 2.24) is 9.97 Å². The van der Waals surface area contributed by atoms with Crippen molar-refractivity contribution in [3.8, 4) is 22.6 Å². The number of aliphatic hydroxyl groups excluding tert-OH is 1. The quantitative estimate of drug-likeness (QED) is 0.284. The lowest BCUT2D eigenvalue weighted by Crippen LogP contribution is -2.34. The van der Waals surface area contributed by atoms with E-state index >= 15 is 0 Å². The van der Waals surface area contributed by atoms with Crippen LogP contribution in [0.4, 0.5) is 0 Å². The van der Waals surface area contributed by atoms with Gasteiger partial charge in [-0.15, -0.1) is 0 Å². The number of sulfonamides is 1. The van der Waals surface area contributed by atoms with Gasteiger partial charge in [0.05, 0.1) is 29.5 Å². The van der Waals surface area contributed by atoms with Gasteiger partial charge in [0.2, 0.25) is 15.9 Å². The van der Waals surface area contributed by atoms with E-state index in [0.717, 1.165) is 5.56 Å². The van der Waals surface area contributed by atoms with Crippen LogP contribution in [0, 0.1) is 0 Å². The van der Waals surface area contributed by atoms with Crippen LogP contribution in [0.15, 0.2) is 82.1 Å². The van der Waals surface area contributed by atoms with E-state index < -0.39 is 21.7 Å². The van der Waals surface area contributed by atoms with Gasteiger partial charge in [-0.05, 0) is 36.4 Å². The lowest BCUT2D eigenvalue weighted by Gasteiger charge is -2.31. The lowest BCUT2D eigenvalue weighted by atomic mass is 9.90. The fourth-order valence-electron chi connectivity index (χ4n) is 4.39.